The molecule has 1 aliphatic heterocycles. The van der Waals surface area contributed by atoms with Gasteiger partial charge >= 0.3 is 12.1 Å². The van der Waals surface area contributed by atoms with Crippen molar-refractivity contribution in [1.82, 2.24) is 9.88 Å². The molecule has 0 saturated carbocycles. The van der Waals surface area contributed by atoms with Gasteiger partial charge in [0.1, 0.15) is 11.7 Å². The first-order valence-corrected chi connectivity index (χ1v) is 7.24. The van der Waals surface area contributed by atoms with Crippen LogP contribution in [0.15, 0.2) is 6.07 Å². The highest BCUT2D eigenvalue weighted by Crippen LogP contribution is 2.22. The fraction of sp³-hybridized carbons (Fsp3) is 0.500. The average molecular weight is 317 g/mol. The molecule has 122 valence electrons. The summed E-state index contributed by atoms with van der Waals surface area (Å²) in [6.45, 7) is 6.16. The van der Waals surface area contributed by atoms with Crippen molar-refractivity contribution in [3.63, 3.8) is 0 Å². The number of esters is 1. The number of carbonyl (C=O) groups is 2. The molecule has 0 N–H and O–H groups in total. The first-order chi connectivity index (χ1) is 10.7. The average Bonchev–Trinajstić information content (AvgIpc) is 2.50. The van der Waals surface area contributed by atoms with Crippen molar-refractivity contribution >= 4 is 12.1 Å². The van der Waals surface area contributed by atoms with Crippen LogP contribution in [0.1, 0.15) is 48.1 Å². The van der Waals surface area contributed by atoms with Crippen molar-refractivity contribution in [2.45, 2.75) is 39.3 Å². The SMILES string of the molecule is COC(=O)c1nc2c(cc1C#N)CN(C(=O)OC(C)(C)C)CC2. The number of aromatic nitrogens is 1. The lowest BCUT2D eigenvalue weighted by molar-refractivity contribution is 0.0222. The minimum atomic E-state index is -0.640. The predicted molar refractivity (Wildman–Crippen MR) is 80.6 cm³/mol. The van der Waals surface area contributed by atoms with E-state index in [1.165, 1.54) is 7.11 Å². The highest BCUT2D eigenvalue weighted by Gasteiger charge is 2.28. The van der Waals surface area contributed by atoms with E-state index in [1.54, 1.807) is 31.7 Å². The van der Waals surface area contributed by atoms with E-state index in [9.17, 15) is 14.9 Å². The number of rotatable bonds is 1. The number of nitriles is 1. The minimum Gasteiger partial charge on any atom is -0.464 e. The molecule has 0 saturated heterocycles. The molecular formula is C16H19N3O4. The summed E-state index contributed by atoms with van der Waals surface area (Å²) in [7, 11) is 1.24. The lowest BCUT2D eigenvalue weighted by Crippen LogP contribution is -2.40. The van der Waals surface area contributed by atoms with Crippen LogP contribution < -0.4 is 0 Å². The van der Waals surface area contributed by atoms with Gasteiger partial charge in [-0.1, -0.05) is 0 Å². The summed E-state index contributed by atoms with van der Waals surface area (Å²) in [6.07, 6.45) is 0.0864. The minimum absolute atomic E-state index is 0.0134. The number of ether oxygens (including phenoxy) is 2. The van der Waals surface area contributed by atoms with E-state index >= 15 is 0 Å². The highest BCUT2D eigenvalue weighted by molar-refractivity contribution is 5.90. The fourth-order valence-electron chi connectivity index (χ4n) is 2.29. The smallest absolute Gasteiger partial charge is 0.410 e. The summed E-state index contributed by atoms with van der Waals surface area (Å²) in [5, 5.41) is 9.19. The van der Waals surface area contributed by atoms with Gasteiger partial charge in [-0.25, -0.2) is 14.6 Å². The van der Waals surface area contributed by atoms with Gasteiger partial charge in [0.15, 0.2) is 5.69 Å². The van der Waals surface area contributed by atoms with Crippen LogP contribution >= 0.6 is 0 Å². The van der Waals surface area contributed by atoms with Gasteiger partial charge in [0.25, 0.3) is 0 Å². The zero-order valence-electron chi connectivity index (χ0n) is 13.7. The molecule has 0 atom stereocenters. The second kappa shape index (κ2) is 6.24. The van der Waals surface area contributed by atoms with Gasteiger partial charge in [-0.15, -0.1) is 0 Å². The maximum atomic E-state index is 12.1. The number of amides is 1. The van der Waals surface area contributed by atoms with Crippen LogP contribution in [0, 0.1) is 11.3 Å². The van der Waals surface area contributed by atoms with E-state index < -0.39 is 17.7 Å². The van der Waals surface area contributed by atoms with Crippen LogP contribution in [0.2, 0.25) is 0 Å². The quantitative estimate of drug-likeness (QED) is 0.736. The van der Waals surface area contributed by atoms with Crippen molar-refractivity contribution in [2.24, 2.45) is 0 Å². The molecule has 2 rings (SSSR count). The lowest BCUT2D eigenvalue weighted by Gasteiger charge is -2.31. The Bertz CT molecular complexity index is 686. The Balaban J connectivity index is 2.27. The standard InChI is InChI=1S/C16H19N3O4/c1-16(2,3)23-15(21)19-6-5-12-11(9-19)7-10(8-17)13(18-12)14(20)22-4/h7H,5-6,9H2,1-4H3. The molecule has 0 aliphatic carbocycles. The molecule has 1 amide bonds. The third kappa shape index (κ3) is 3.77. The van der Waals surface area contributed by atoms with Crippen molar-refractivity contribution in [3.8, 4) is 6.07 Å². The molecule has 23 heavy (non-hydrogen) atoms. The van der Waals surface area contributed by atoms with E-state index in [4.69, 9.17) is 4.74 Å². The number of nitrogens with zero attached hydrogens (tertiary/aromatic N) is 3. The van der Waals surface area contributed by atoms with Gasteiger partial charge < -0.3 is 14.4 Å². The molecule has 0 spiro atoms. The Morgan fingerprint density at radius 3 is 2.65 bits per heavy atom. The Morgan fingerprint density at radius 2 is 2.09 bits per heavy atom. The Hall–Kier alpha value is -2.62. The van der Waals surface area contributed by atoms with Crippen LogP contribution in [0.25, 0.3) is 0 Å². The van der Waals surface area contributed by atoms with E-state index in [0.29, 0.717) is 25.2 Å². The predicted octanol–water partition coefficient (Wildman–Crippen LogP) is 2.03. The van der Waals surface area contributed by atoms with Crippen molar-refractivity contribution in [1.29, 1.82) is 5.26 Å². The van der Waals surface area contributed by atoms with Crippen molar-refractivity contribution in [2.75, 3.05) is 13.7 Å². The molecule has 0 radical (unpaired) electrons. The first kappa shape index (κ1) is 16.7. The summed E-state index contributed by atoms with van der Waals surface area (Å²) >= 11 is 0. The second-order valence-electron chi connectivity index (χ2n) is 6.25. The van der Waals surface area contributed by atoms with Gasteiger partial charge in [0.05, 0.1) is 19.2 Å². The third-order valence-corrected chi connectivity index (χ3v) is 3.32. The maximum absolute atomic E-state index is 12.1. The number of hydrogen-bond acceptors (Lipinski definition) is 6. The van der Waals surface area contributed by atoms with E-state index in [0.717, 1.165) is 5.56 Å². The zero-order chi connectivity index (χ0) is 17.2. The maximum Gasteiger partial charge on any atom is 0.410 e. The summed E-state index contributed by atoms with van der Waals surface area (Å²) in [5.74, 6) is -0.640. The van der Waals surface area contributed by atoms with Gasteiger partial charge in [-0.05, 0) is 32.4 Å². The lowest BCUT2D eigenvalue weighted by atomic mass is 10.0. The van der Waals surface area contributed by atoms with Crippen molar-refractivity contribution < 1.29 is 19.1 Å². The molecule has 1 aliphatic rings. The third-order valence-electron chi connectivity index (χ3n) is 3.32. The number of hydrogen-bond donors (Lipinski definition) is 0. The van der Waals surface area contributed by atoms with Crippen LogP contribution in [0.3, 0.4) is 0 Å². The number of methoxy groups -OCH3 is 1. The summed E-state index contributed by atoms with van der Waals surface area (Å²) in [4.78, 5) is 29.6. The van der Waals surface area contributed by atoms with Crippen molar-refractivity contribution in [3.05, 3.63) is 28.6 Å². The highest BCUT2D eigenvalue weighted by atomic mass is 16.6. The number of fused-ring (bicyclic) bond motifs is 1. The normalized spacial score (nSPS) is 13.8. The van der Waals surface area contributed by atoms with E-state index in [1.807, 2.05) is 6.07 Å². The number of pyridine rings is 1. The Morgan fingerprint density at radius 1 is 1.39 bits per heavy atom. The van der Waals surface area contributed by atoms with Crippen LogP contribution in [-0.2, 0) is 22.4 Å². The van der Waals surface area contributed by atoms with Crippen LogP contribution in [0.4, 0.5) is 4.79 Å². The van der Waals surface area contributed by atoms with Gasteiger partial charge in [-0.3, -0.25) is 0 Å². The molecule has 0 unspecified atom stereocenters. The molecule has 7 nitrogen and oxygen atoms in total. The Labute approximate surface area is 134 Å². The van der Waals surface area contributed by atoms with E-state index in [-0.39, 0.29) is 11.3 Å². The van der Waals surface area contributed by atoms with Crippen LogP contribution in [-0.4, -0.2) is 41.2 Å². The molecule has 0 bridgehead atoms. The Kier molecular flexibility index (Phi) is 4.55. The molecule has 0 fully saturated rings. The summed E-state index contributed by atoms with van der Waals surface area (Å²) in [6, 6.07) is 3.53. The zero-order valence-corrected chi connectivity index (χ0v) is 13.7. The molecule has 0 aromatic carbocycles. The van der Waals surface area contributed by atoms with Crippen LogP contribution in [0.5, 0.6) is 0 Å². The molecular weight excluding hydrogens is 298 g/mol. The fourth-order valence-corrected chi connectivity index (χ4v) is 2.29. The van der Waals surface area contributed by atoms with Gasteiger partial charge in [0, 0.05) is 18.7 Å². The summed E-state index contributed by atoms with van der Waals surface area (Å²) in [5.41, 5.74) is 1.03. The monoisotopic (exact) mass is 317 g/mol. The molecule has 2 heterocycles. The molecule has 7 heteroatoms. The van der Waals surface area contributed by atoms with E-state index in [2.05, 4.69) is 9.72 Å². The summed E-state index contributed by atoms with van der Waals surface area (Å²) < 4.78 is 10.0. The second-order valence-corrected chi connectivity index (χ2v) is 6.25. The topological polar surface area (TPSA) is 92.5 Å². The van der Waals surface area contributed by atoms with Gasteiger partial charge in [-0.2, -0.15) is 5.26 Å². The van der Waals surface area contributed by atoms with Gasteiger partial charge in [0.2, 0.25) is 0 Å². The first-order valence-electron chi connectivity index (χ1n) is 7.24. The molecule has 1 aromatic rings. The molecule has 1 aromatic heterocycles. The number of carbonyl (C=O) groups excluding carboxylic acids is 2. The largest absolute Gasteiger partial charge is 0.464 e.